The summed E-state index contributed by atoms with van der Waals surface area (Å²) in [5, 5.41) is 1.65. The van der Waals surface area contributed by atoms with Gasteiger partial charge < -0.3 is 0 Å². The summed E-state index contributed by atoms with van der Waals surface area (Å²) in [6.45, 7) is 6.47. The molecule has 0 aliphatic rings. The van der Waals surface area contributed by atoms with E-state index >= 15 is 0 Å². The molecular weight excluding hydrogens is 240 g/mol. The Morgan fingerprint density at radius 1 is 1.31 bits per heavy atom. The van der Waals surface area contributed by atoms with Gasteiger partial charge in [0.1, 0.15) is 16.5 Å². The average molecular weight is 259 g/mol. The highest BCUT2D eigenvalue weighted by Crippen LogP contribution is 2.31. The van der Waals surface area contributed by atoms with Gasteiger partial charge >= 0.3 is 0 Å². The van der Waals surface area contributed by atoms with Crippen molar-refractivity contribution in [3.63, 3.8) is 0 Å². The third-order valence-corrected chi connectivity index (χ3v) is 3.76. The van der Waals surface area contributed by atoms with E-state index in [9.17, 15) is 0 Å². The van der Waals surface area contributed by atoms with Gasteiger partial charge in [-0.3, -0.25) is 0 Å². The van der Waals surface area contributed by atoms with Crippen LogP contribution < -0.4 is 0 Å². The van der Waals surface area contributed by atoms with Crippen LogP contribution in [0.2, 0.25) is 5.15 Å². The second-order valence-electron chi connectivity index (χ2n) is 4.09. The minimum Gasteiger partial charge on any atom is -0.230 e. The van der Waals surface area contributed by atoms with Crippen LogP contribution in [-0.2, 0) is 0 Å². The molecule has 0 saturated carbocycles. The maximum atomic E-state index is 6.10. The summed E-state index contributed by atoms with van der Waals surface area (Å²) >= 11 is 7.89. The summed E-state index contributed by atoms with van der Waals surface area (Å²) in [4.78, 5) is 8.37. The summed E-state index contributed by atoms with van der Waals surface area (Å²) in [6, 6.07) is 0. The molecule has 0 spiro atoms. The number of unbranched alkanes of at least 4 members (excludes halogenated alkanes) is 2. The Labute approximate surface area is 107 Å². The molecule has 1 rings (SSSR count). The van der Waals surface area contributed by atoms with E-state index in [1.165, 1.54) is 19.3 Å². The Bertz CT molecular complexity index is 329. The average Bonchev–Trinajstić information content (AvgIpc) is 2.24. The molecule has 0 atom stereocenters. The van der Waals surface area contributed by atoms with Crippen LogP contribution in [0.5, 0.6) is 0 Å². The molecule has 1 aromatic heterocycles. The van der Waals surface area contributed by atoms with E-state index in [0.717, 1.165) is 16.3 Å². The van der Waals surface area contributed by atoms with Gasteiger partial charge in [0.2, 0.25) is 0 Å². The van der Waals surface area contributed by atoms with E-state index in [-0.39, 0.29) is 0 Å². The van der Waals surface area contributed by atoms with Crippen molar-refractivity contribution in [1.29, 1.82) is 0 Å². The Kier molecular flexibility index (Phi) is 6.14. The zero-order valence-corrected chi connectivity index (χ0v) is 11.7. The fourth-order valence-corrected chi connectivity index (χ4v) is 3.04. The molecule has 0 aliphatic heterocycles. The maximum absolute atomic E-state index is 6.10. The molecule has 0 aromatic carbocycles. The van der Waals surface area contributed by atoms with Crippen LogP contribution in [0.25, 0.3) is 0 Å². The van der Waals surface area contributed by atoms with Crippen molar-refractivity contribution in [3.05, 3.63) is 17.0 Å². The highest BCUT2D eigenvalue weighted by atomic mass is 35.5. The molecule has 1 heterocycles. The summed E-state index contributed by atoms with van der Waals surface area (Å²) in [6.07, 6.45) is 5.32. The zero-order valence-electron chi connectivity index (χ0n) is 10.2. The van der Waals surface area contributed by atoms with Gasteiger partial charge in [0.15, 0.2) is 0 Å². The summed E-state index contributed by atoms with van der Waals surface area (Å²) in [7, 11) is 0. The van der Waals surface area contributed by atoms with Crippen molar-refractivity contribution in [3.8, 4) is 0 Å². The lowest BCUT2D eigenvalue weighted by atomic mass is 10.1. The molecular formula is C12H19ClN2S. The molecule has 0 fully saturated rings. The number of halogens is 1. The monoisotopic (exact) mass is 258 g/mol. The standard InChI is InChI=1S/C12H19ClN2S/c1-4-5-6-7-16-12-10(9(2)3)11(13)14-8-15-12/h8-9H,4-7H2,1-3H3. The summed E-state index contributed by atoms with van der Waals surface area (Å²) in [5.74, 6) is 1.49. The lowest BCUT2D eigenvalue weighted by Gasteiger charge is -2.11. The molecule has 1 aromatic rings. The third-order valence-electron chi connectivity index (χ3n) is 2.36. The molecule has 2 nitrogen and oxygen atoms in total. The Morgan fingerprint density at radius 2 is 2.06 bits per heavy atom. The van der Waals surface area contributed by atoms with E-state index in [4.69, 9.17) is 11.6 Å². The van der Waals surface area contributed by atoms with Gasteiger partial charge in [-0.2, -0.15) is 0 Å². The second-order valence-corrected chi connectivity index (χ2v) is 5.54. The van der Waals surface area contributed by atoms with Crippen LogP contribution in [0.4, 0.5) is 0 Å². The Hall–Kier alpha value is -0.280. The lowest BCUT2D eigenvalue weighted by molar-refractivity contribution is 0.774. The number of hydrogen-bond donors (Lipinski definition) is 0. The molecule has 4 heteroatoms. The first kappa shape index (κ1) is 13.8. The van der Waals surface area contributed by atoms with E-state index in [1.807, 2.05) is 0 Å². The largest absolute Gasteiger partial charge is 0.230 e. The lowest BCUT2D eigenvalue weighted by Crippen LogP contribution is -1.98. The van der Waals surface area contributed by atoms with Gasteiger partial charge in [-0.15, -0.1) is 11.8 Å². The van der Waals surface area contributed by atoms with Gasteiger partial charge in [0, 0.05) is 5.56 Å². The normalized spacial score (nSPS) is 11.1. The third kappa shape index (κ3) is 3.95. The number of aromatic nitrogens is 2. The van der Waals surface area contributed by atoms with Gasteiger partial charge in [-0.25, -0.2) is 9.97 Å². The SMILES string of the molecule is CCCCCSc1ncnc(Cl)c1C(C)C. The summed E-state index contributed by atoms with van der Waals surface area (Å²) in [5.41, 5.74) is 1.09. The fraction of sp³-hybridized carbons (Fsp3) is 0.667. The first-order valence-electron chi connectivity index (χ1n) is 5.80. The fourth-order valence-electron chi connectivity index (χ4n) is 1.48. The Balaban J connectivity index is 2.67. The minimum atomic E-state index is 0.377. The van der Waals surface area contributed by atoms with Crippen molar-refractivity contribution in [2.24, 2.45) is 0 Å². The van der Waals surface area contributed by atoms with Gasteiger partial charge in [-0.05, 0) is 18.1 Å². The van der Waals surface area contributed by atoms with Crippen LogP contribution in [0.15, 0.2) is 11.4 Å². The van der Waals surface area contributed by atoms with Gasteiger partial charge in [0.25, 0.3) is 0 Å². The number of rotatable bonds is 6. The van der Waals surface area contributed by atoms with Crippen LogP contribution >= 0.6 is 23.4 Å². The number of nitrogens with zero attached hydrogens (tertiary/aromatic N) is 2. The first-order valence-corrected chi connectivity index (χ1v) is 7.16. The highest BCUT2D eigenvalue weighted by Gasteiger charge is 2.13. The van der Waals surface area contributed by atoms with Crippen molar-refractivity contribution in [1.82, 2.24) is 9.97 Å². The smallest absolute Gasteiger partial charge is 0.137 e. The molecule has 0 radical (unpaired) electrons. The highest BCUT2D eigenvalue weighted by molar-refractivity contribution is 7.99. The van der Waals surface area contributed by atoms with Crippen molar-refractivity contribution < 1.29 is 0 Å². The van der Waals surface area contributed by atoms with Crippen LogP contribution in [0.3, 0.4) is 0 Å². The number of hydrogen-bond acceptors (Lipinski definition) is 3. The molecule has 0 N–H and O–H groups in total. The quantitative estimate of drug-likeness (QED) is 0.426. The van der Waals surface area contributed by atoms with E-state index < -0.39 is 0 Å². The molecule has 16 heavy (non-hydrogen) atoms. The van der Waals surface area contributed by atoms with Gasteiger partial charge in [0.05, 0.1) is 0 Å². The first-order chi connectivity index (χ1) is 7.66. The van der Waals surface area contributed by atoms with Crippen LogP contribution in [0, 0.1) is 0 Å². The molecule has 0 saturated heterocycles. The van der Waals surface area contributed by atoms with Crippen LogP contribution in [-0.4, -0.2) is 15.7 Å². The predicted octanol–water partition coefficient (Wildman–Crippen LogP) is 4.54. The van der Waals surface area contributed by atoms with E-state index in [1.54, 1.807) is 18.1 Å². The van der Waals surface area contributed by atoms with Crippen molar-refractivity contribution in [2.45, 2.75) is 51.0 Å². The maximum Gasteiger partial charge on any atom is 0.137 e. The zero-order chi connectivity index (χ0) is 12.0. The van der Waals surface area contributed by atoms with E-state index in [2.05, 4.69) is 30.7 Å². The van der Waals surface area contributed by atoms with E-state index in [0.29, 0.717) is 11.1 Å². The Morgan fingerprint density at radius 3 is 2.69 bits per heavy atom. The topological polar surface area (TPSA) is 25.8 Å². The molecule has 0 bridgehead atoms. The second kappa shape index (κ2) is 7.13. The summed E-state index contributed by atoms with van der Waals surface area (Å²) < 4.78 is 0. The predicted molar refractivity (Wildman–Crippen MR) is 71.4 cm³/mol. The van der Waals surface area contributed by atoms with Gasteiger partial charge in [-0.1, -0.05) is 45.2 Å². The van der Waals surface area contributed by atoms with Crippen molar-refractivity contribution in [2.75, 3.05) is 5.75 Å². The van der Waals surface area contributed by atoms with Crippen LogP contribution in [0.1, 0.15) is 51.5 Å². The molecule has 0 amide bonds. The molecule has 90 valence electrons. The minimum absolute atomic E-state index is 0.377. The molecule has 0 unspecified atom stereocenters. The molecule has 0 aliphatic carbocycles. The van der Waals surface area contributed by atoms with Crippen molar-refractivity contribution >= 4 is 23.4 Å². The number of thioether (sulfide) groups is 1.